The number of aryl methyl sites for hydroxylation is 1. The van der Waals surface area contributed by atoms with Crippen LogP contribution in [0.3, 0.4) is 0 Å². The maximum Gasteiger partial charge on any atom is 0.150 e. The number of benzene rings is 1. The lowest BCUT2D eigenvalue weighted by Crippen LogP contribution is -1.90. The summed E-state index contributed by atoms with van der Waals surface area (Å²) in [5.41, 5.74) is 4.12. The van der Waals surface area contributed by atoms with E-state index in [1.807, 2.05) is 31.3 Å². The second-order valence-electron chi connectivity index (χ2n) is 4.30. The number of hydrogen-bond donors (Lipinski definition) is 0. The van der Waals surface area contributed by atoms with Crippen LogP contribution in [0.4, 0.5) is 0 Å². The molecule has 0 saturated carbocycles. The van der Waals surface area contributed by atoms with Crippen molar-refractivity contribution < 1.29 is 0 Å². The summed E-state index contributed by atoms with van der Waals surface area (Å²) in [5.74, 6) is 0.801. The van der Waals surface area contributed by atoms with E-state index < -0.39 is 0 Å². The molecule has 0 bridgehead atoms. The van der Waals surface area contributed by atoms with Crippen LogP contribution in [0.1, 0.15) is 11.4 Å². The molecular weight excluding hydrogens is 286 g/mol. The van der Waals surface area contributed by atoms with Crippen molar-refractivity contribution in [1.29, 1.82) is 0 Å². The summed E-state index contributed by atoms with van der Waals surface area (Å²) < 4.78 is 1.06. The van der Waals surface area contributed by atoms with Crippen molar-refractivity contribution in [2.45, 2.75) is 17.0 Å². The Balaban J connectivity index is 1.67. The molecule has 100 valence electrons. The summed E-state index contributed by atoms with van der Waals surface area (Å²) in [4.78, 5) is 13.2. The number of hydrogen-bond acceptors (Lipinski definition) is 5. The molecule has 0 radical (unpaired) electrons. The van der Waals surface area contributed by atoms with E-state index in [0.29, 0.717) is 0 Å². The number of aromatic nitrogens is 3. The lowest BCUT2D eigenvalue weighted by molar-refractivity contribution is 1.05. The quantitative estimate of drug-likeness (QED) is 0.677. The van der Waals surface area contributed by atoms with Gasteiger partial charge < -0.3 is 0 Å². The van der Waals surface area contributed by atoms with Crippen LogP contribution in [-0.2, 0) is 5.75 Å². The Hall–Kier alpha value is -1.72. The zero-order valence-corrected chi connectivity index (χ0v) is 12.6. The largest absolute Gasteiger partial charge is 0.258 e. The second kappa shape index (κ2) is 6.15. The number of rotatable bonds is 4. The van der Waals surface area contributed by atoms with E-state index in [0.717, 1.165) is 32.7 Å². The fourth-order valence-corrected chi connectivity index (χ4v) is 3.42. The topological polar surface area (TPSA) is 38.7 Å². The van der Waals surface area contributed by atoms with Gasteiger partial charge in [-0.1, -0.05) is 42.1 Å². The summed E-state index contributed by atoms with van der Waals surface area (Å²) >= 11 is 3.37. The minimum Gasteiger partial charge on any atom is -0.258 e. The van der Waals surface area contributed by atoms with Crippen molar-refractivity contribution in [3.05, 3.63) is 59.5 Å². The molecule has 0 saturated heterocycles. The third-order valence-electron chi connectivity index (χ3n) is 2.73. The van der Waals surface area contributed by atoms with Crippen LogP contribution in [0.25, 0.3) is 11.3 Å². The minimum atomic E-state index is 0.801. The standard InChI is InChI=1S/C15H13N3S2/c1-11-7-17-13(8-16-11)9-19-15-18-14(10-20-15)12-5-3-2-4-6-12/h2-8,10H,9H2,1H3. The molecule has 0 amide bonds. The van der Waals surface area contributed by atoms with E-state index in [1.54, 1.807) is 29.3 Å². The first-order valence-electron chi connectivity index (χ1n) is 6.22. The first-order valence-corrected chi connectivity index (χ1v) is 8.09. The van der Waals surface area contributed by atoms with Crippen LogP contribution in [0.2, 0.25) is 0 Å². The summed E-state index contributed by atoms with van der Waals surface area (Å²) in [6.07, 6.45) is 3.63. The normalized spacial score (nSPS) is 10.7. The Morgan fingerprint density at radius 3 is 2.70 bits per heavy atom. The molecule has 0 fully saturated rings. The van der Waals surface area contributed by atoms with Gasteiger partial charge in [-0.15, -0.1) is 11.3 Å². The maximum absolute atomic E-state index is 4.65. The number of nitrogens with zero attached hydrogens (tertiary/aromatic N) is 3. The molecule has 2 aromatic heterocycles. The Kier molecular flexibility index (Phi) is 4.08. The van der Waals surface area contributed by atoms with Gasteiger partial charge in [0.1, 0.15) is 0 Å². The van der Waals surface area contributed by atoms with E-state index in [1.165, 1.54) is 0 Å². The molecule has 0 N–H and O–H groups in total. The van der Waals surface area contributed by atoms with Gasteiger partial charge in [-0.05, 0) is 6.92 Å². The molecule has 0 unspecified atom stereocenters. The molecule has 20 heavy (non-hydrogen) atoms. The van der Waals surface area contributed by atoms with Gasteiger partial charge in [0.15, 0.2) is 4.34 Å². The van der Waals surface area contributed by atoms with Crippen LogP contribution >= 0.6 is 23.1 Å². The van der Waals surface area contributed by atoms with Crippen LogP contribution in [0.15, 0.2) is 52.4 Å². The summed E-state index contributed by atoms with van der Waals surface area (Å²) in [7, 11) is 0. The van der Waals surface area contributed by atoms with Crippen molar-refractivity contribution >= 4 is 23.1 Å². The van der Waals surface area contributed by atoms with Gasteiger partial charge in [0, 0.05) is 29.1 Å². The zero-order valence-electron chi connectivity index (χ0n) is 11.0. The van der Waals surface area contributed by atoms with Gasteiger partial charge in [0.2, 0.25) is 0 Å². The molecule has 0 aliphatic heterocycles. The number of thiazole rings is 1. The monoisotopic (exact) mass is 299 g/mol. The van der Waals surface area contributed by atoms with Crippen molar-refractivity contribution in [3.63, 3.8) is 0 Å². The molecule has 3 nitrogen and oxygen atoms in total. The summed E-state index contributed by atoms with van der Waals surface area (Å²) in [5, 5.41) is 2.10. The average molecular weight is 299 g/mol. The first kappa shape index (κ1) is 13.3. The molecule has 2 heterocycles. The van der Waals surface area contributed by atoms with Gasteiger partial charge in [0.25, 0.3) is 0 Å². The summed E-state index contributed by atoms with van der Waals surface area (Å²) in [6, 6.07) is 10.2. The lowest BCUT2D eigenvalue weighted by atomic mass is 10.2. The zero-order chi connectivity index (χ0) is 13.8. The Labute approximate surface area is 126 Å². The first-order chi connectivity index (χ1) is 9.81. The molecule has 0 atom stereocenters. The van der Waals surface area contributed by atoms with Crippen molar-refractivity contribution in [2.24, 2.45) is 0 Å². The fourth-order valence-electron chi connectivity index (χ4n) is 1.69. The van der Waals surface area contributed by atoms with Gasteiger partial charge in [0.05, 0.1) is 17.1 Å². The number of thioether (sulfide) groups is 1. The van der Waals surface area contributed by atoms with E-state index in [-0.39, 0.29) is 0 Å². The smallest absolute Gasteiger partial charge is 0.150 e. The van der Waals surface area contributed by atoms with E-state index in [2.05, 4.69) is 32.5 Å². The van der Waals surface area contributed by atoms with Gasteiger partial charge in [-0.3, -0.25) is 9.97 Å². The molecule has 0 aliphatic rings. The van der Waals surface area contributed by atoms with Crippen LogP contribution in [0, 0.1) is 6.92 Å². The van der Waals surface area contributed by atoms with Gasteiger partial charge in [-0.25, -0.2) is 4.98 Å². The predicted molar refractivity (Wildman–Crippen MR) is 83.9 cm³/mol. The Bertz CT molecular complexity index is 678. The molecular formula is C15H13N3S2. The van der Waals surface area contributed by atoms with E-state index in [9.17, 15) is 0 Å². The highest BCUT2D eigenvalue weighted by molar-refractivity contribution is 8.00. The molecule has 5 heteroatoms. The van der Waals surface area contributed by atoms with E-state index >= 15 is 0 Å². The molecule has 3 rings (SSSR count). The van der Waals surface area contributed by atoms with Gasteiger partial charge >= 0.3 is 0 Å². The summed E-state index contributed by atoms with van der Waals surface area (Å²) in [6.45, 7) is 1.94. The lowest BCUT2D eigenvalue weighted by Gasteiger charge is -1.98. The molecule has 1 aromatic carbocycles. The Morgan fingerprint density at radius 2 is 1.95 bits per heavy atom. The fraction of sp³-hybridized carbons (Fsp3) is 0.133. The third kappa shape index (κ3) is 3.23. The molecule has 0 spiro atoms. The van der Waals surface area contributed by atoms with Crippen molar-refractivity contribution in [2.75, 3.05) is 0 Å². The highest BCUT2D eigenvalue weighted by Gasteiger charge is 2.05. The highest BCUT2D eigenvalue weighted by atomic mass is 32.2. The van der Waals surface area contributed by atoms with Crippen molar-refractivity contribution in [1.82, 2.24) is 15.0 Å². The SMILES string of the molecule is Cc1cnc(CSc2nc(-c3ccccc3)cs2)cn1. The van der Waals surface area contributed by atoms with Gasteiger partial charge in [-0.2, -0.15) is 0 Å². The van der Waals surface area contributed by atoms with Crippen molar-refractivity contribution in [3.8, 4) is 11.3 Å². The van der Waals surface area contributed by atoms with E-state index in [4.69, 9.17) is 0 Å². The predicted octanol–water partition coefficient (Wildman–Crippen LogP) is 4.20. The molecule has 0 aliphatic carbocycles. The third-order valence-corrected chi connectivity index (χ3v) is 4.79. The maximum atomic E-state index is 4.65. The highest BCUT2D eigenvalue weighted by Crippen LogP contribution is 2.29. The molecule has 3 aromatic rings. The van der Waals surface area contributed by atoms with Crippen LogP contribution in [-0.4, -0.2) is 15.0 Å². The van der Waals surface area contributed by atoms with Crippen LogP contribution in [0.5, 0.6) is 0 Å². The average Bonchev–Trinajstić information content (AvgIpc) is 2.97. The van der Waals surface area contributed by atoms with Crippen LogP contribution < -0.4 is 0 Å². The minimum absolute atomic E-state index is 0.801. The second-order valence-corrected chi connectivity index (χ2v) is 6.38. The Morgan fingerprint density at radius 1 is 1.10 bits per heavy atom.